The number of hydrogen-bond acceptors (Lipinski definition) is 3. The van der Waals surface area contributed by atoms with E-state index in [9.17, 15) is 9.59 Å². The number of esters is 1. The number of hydrogen-bond donors (Lipinski definition) is 2. The predicted octanol–water partition coefficient (Wildman–Crippen LogP) is 3.11. The summed E-state index contributed by atoms with van der Waals surface area (Å²) in [6, 6.07) is 3.62. The molecular weight excluding hydrogens is 294 g/mol. The highest BCUT2D eigenvalue weighted by Crippen LogP contribution is 2.42. The van der Waals surface area contributed by atoms with Crippen LogP contribution >= 0.6 is 11.6 Å². The summed E-state index contributed by atoms with van der Waals surface area (Å²) >= 11 is 6.09. The van der Waals surface area contributed by atoms with Crippen LogP contribution in [0.1, 0.15) is 40.4 Å². The second kappa shape index (κ2) is 5.07. The molecule has 5 nitrogen and oxygen atoms in total. The lowest BCUT2D eigenvalue weighted by molar-refractivity contribution is -0.137. The van der Waals surface area contributed by atoms with Gasteiger partial charge in [0.05, 0.1) is 13.5 Å². The van der Waals surface area contributed by atoms with Gasteiger partial charge in [0.1, 0.15) is 5.69 Å². The average molecular weight is 308 g/mol. The molecule has 2 aromatic rings. The van der Waals surface area contributed by atoms with Crippen LogP contribution in [0.4, 0.5) is 0 Å². The van der Waals surface area contributed by atoms with Gasteiger partial charge in [-0.05, 0) is 42.0 Å². The Morgan fingerprint density at radius 3 is 2.90 bits per heavy atom. The number of benzene rings is 1. The number of halogens is 1. The normalized spacial score (nSPS) is 17.0. The number of methoxy groups -OCH3 is 1. The summed E-state index contributed by atoms with van der Waals surface area (Å²) in [5.41, 5.74) is 2.88. The molecule has 0 unspecified atom stereocenters. The van der Waals surface area contributed by atoms with E-state index >= 15 is 0 Å². The van der Waals surface area contributed by atoms with Crippen LogP contribution < -0.4 is 0 Å². The molecule has 1 atom stereocenters. The fourth-order valence-electron chi connectivity index (χ4n) is 3.16. The lowest BCUT2D eigenvalue weighted by Gasteiger charge is -2.22. The molecule has 2 N–H and O–H groups in total. The van der Waals surface area contributed by atoms with E-state index in [1.165, 1.54) is 7.11 Å². The Morgan fingerprint density at radius 1 is 1.48 bits per heavy atom. The topological polar surface area (TPSA) is 79.4 Å². The molecule has 1 aromatic heterocycles. The van der Waals surface area contributed by atoms with Crippen LogP contribution in [-0.2, 0) is 16.0 Å². The van der Waals surface area contributed by atoms with Crippen molar-refractivity contribution in [2.75, 3.05) is 7.11 Å². The van der Waals surface area contributed by atoms with Crippen molar-refractivity contribution in [2.45, 2.75) is 25.2 Å². The minimum Gasteiger partial charge on any atom is -0.481 e. The molecule has 6 heteroatoms. The Kier molecular flexibility index (Phi) is 3.37. The van der Waals surface area contributed by atoms with Crippen LogP contribution in [0.3, 0.4) is 0 Å². The van der Waals surface area contributed by atoms with Gasteiger partial charge in [0.15, 0.2) is 0 Å². The van der Waals surface area contributed by atoms with Crippen molar-refractivity contribution in [1.82, 2.24) is 4.98 Å². The van der Waals surface area contributed by atoms with E-state index in [2.05, 4.69) is 4.98 Å². The summed E-state index contributed by atoms with van der Waals surface area (Å²) in [7, 11) is 1.31. The molecule has 0 saturated heterocycles. The highest BCUT2D eigenvalue weighted by Gasteiger charge is 2.31. The van der Waals surface area contributed by atoms with E-state index in [4.69, 9.17) is 21.4 Å². The van der Waals surface area contributed by atoms with Crippen molar-refractivity contribution in [2.24, 2.45) is 0 Å². The van der Waals surface area contributed by atoms with Gasteiger partial charge in [0.2, 0.25) is 0 Å². The summed E-state index contributed by atoms with van der Waals surface area (Å²) in [6.45, 7) is 0. The van der Waals surface area contributed by atoms with Crippen LogP contribution in [0.25, 0.3) is 10.9 Å². The third-order valence-electron chi connectivity index (χ3n) is 3.96. The quantitative estimate of drug-likeness (QED) is 0.854. The fourth-order valence-corrected chi connectivity index (χ4v) is 3.41. The van der Waals surface area contributed by atoms with Crippen LogP contribution in [0.5, 0.6) is 0 Å². The second-order valence-corrected chi connectivity index (χ2v) is 5.66. The van der Waals surface area contributed by atoms with Gasteiger partial charge < -0.3 is 14.8 Å². The first kappa shape index (κ1) is 13.9. The molecule has 0 aliphatic heterocycles. The Labute approximate surface area is 125 Å². The zero-order chi connectivity index (χ0) is 15.1. The van der Waals surface area contributed by atoms with E-state index in [1.54, 1.807) is 6.07 Å². The summed E-state index contributed by atoms with van der Waals surface area (Å²) in [6.07, 6.45) is 1.43. The number of rotatable bonds is 3. The third-order valence-corrected chi connectivity index (χ3v) is 4.18. The second-order valence-electron chi connectivity index (χ2n) is 5.23. The largest absolute Gasteiger partial charge is 0.481 e. The molecule has 0 amide bonds. The van der Waals surface area contributed by atoms with Gasteiger partial charge in [-0.3, -0.25) is 4.79 Å². The first-order chi connectivity index (χ1) is 10.0. The standard InChI is InChI=1S/C15H14ClNO4/c1-21-15(20)14-13-8(5-11(18)19)3-2-7-4-9(16)6-10(17-14)12(7)13/h4,6,8,17H,2-3,5H2,1H3,(H,18,19)/t8-/m0/s1. The van der Waals surface area contributed by atoms with Crippen molar-refractivity contribution in [3.8, 4) is 0 Å². The van der Waals surface area contributed by atoms with Gasteiger partial charge in [0, 0.05) is 15.9 Å². The molecule has 21 heavy (non-hydrogen) atoms. The molecular formula is C15H14ClNO4. The van der Waals surface area contributed by atoms with Crippen molar-refractivity contribution in [1.29, 1.82) is 0 Å². The van der Waals surface area contributed by atoms with Gasteiger partial charge >= 0.3 is 11.9 Å². The number of aryl methyl sites for hydroxylation is 1. The average Bonchev–Trinajstić information content (AvgIpc) is 2.81. The van der Waals surface area contributed by atoms with Gasteiger partial charge in [-0.2, -0.15) is 0 Å². The zero-order valence-corrected chi connectivity index (χ0v) is 12.2. The lowest BCUT2D eigenvalue weighted by Crippen LogP contribution is -2.15. The number of aliphatic carboxylic acids is 1. The Balaban J connectivity index is 2.27. The number of aromatic amines is 1. The number of carboxylic acid groups (broad SMARTS) is 1. The monoisotopic (exact) mass is 307 g/mol. The molecule has 0 bridgehead atoms. The SMILES string of the molecule is COC(=O)c1[nH]c2cc(Cl)cc3c2c1[C@H](CC(=O)O)CC3. The smallest absolute Gasteiger partial charge is 0.354 e. The molecule has 1 aliphatic carbocycles. The highest BCUT2D eigenvalue weighted by atomic mass is 35.5. The maximum absolute atomic E-state index is 12.0. The fraction of sp³-hybridized carbons (Fsp3) is 0.333. The van der Waals surface area contributed by atoms with Crippen LogP contribution in [-0.4, -0.2) is 29.1 Å². The Morgan fingerprint density at radius 2 is 2.24 bits per heavy atom. The third kappa shape index (κ3) is 2.27. The lowest BCUT2D eigenvalue weighted by atomic mass is 9.81. The van der Waals surface area contributed by atoms with E-state index in [0.29, 0.717) is 17.1 Å². The summed E-state index contributed by atoms with van der Waals surface area (Å²) in [5, 5.41) is 10.6. The number of ether oxygens (including phenoxy) is 1. The van der Waals surface area contributed by atoms with E-state index in [1.807, 2.05) is 6.07 Å². The number of carboxylic acids is 1. The van der Waals surface area contributed by atoms with Crippen molar-refractivity contribution >= 4 is 34.4 Å². The van der Waals surface area contributed by atoms with Gasteiger partial charge in [-0.15, -0.1) is 0 Å². The van der Waals surface area contributed by atoms with Crippen LogP contribution in [0.2, 0.25) is 5.02 Å². The summed E-state index contributed by atoms with van der Waals surface area (Å²) in [5.74, 6) is -1.55. The molecule has 1 aromatic carbocycles. The molecule has 0 saturated carbocycles. The number of H-pyrrole nitrogens is 1. The minimum atomic E-state index is -0.873. The van der Waals surface area contributed by atoms with E-state index in [-0.39, 0.29) is 12.3 Å². The summed E-state index contributed by atoms with van der Waals surface area (Å²) in [4.78, 5) is 26.1. The zero-order valence-electron chi connectivity index (χ0n) is 11.4. The maximum Gasteiger partial charge on any atom is 0.354 e. The number of nitrogens with one attached hydrogen (secondary N) is 1. The number of carbonyl (C=O) groups is 2. The summed E-state index contributed by atoms with van der Waals surface area (Å²) < 4.78 is 4.81. The van der Waals surface area contributed by atoms with Crippen LogP contribution in [0, 0.1) is 0 Å². The maximum atomic E-state index is 12.0. The molecule has 0 radical (unpaired) electrons. The highest BCUT2D eigenvalue weighted by molar-refractivity contribution is 6.31. The van der Waals surface area contributed by atoms with E-state index in [0.717, 1.165) is 28.5 Å². The molecule has 110 valence electrons. The first-order valence-electron chi connectivity index (χ1n) is 6.65. The van der Waals surface area contributed by atoms with Crippen molar-refractivity contribution < 1.29 is 19.4 Å². The minimum absolute atomic E-state index is 0.000978. The number of aromatic nitrogens is 1. The van der Waals surface area contributed by atoms with E-state index < -0.39 is 11.9 Å². The van der Waals surface area contributed by atoms with Gasteiger partial charge in [0.25, 0.3) is 0 Å². The first-order valence-corrected chi connectivity index (χ1v) is 7.03. The molecule has 0 spiro atoms. The van der Waals surface area contributed by atoms with Gasteiger partial charge in [-0.25, -0.2) is 4.79 Å². The van der Waals surface area contributed by atoms with Gasteiger partial charge in [-0.1, -0.05) is 11.6 Å². The molecule has 1 heterocycles. The Hall–Kier alpha value is -2.01. The molecule has 3 rings (SSSR count). The number of carbonyl (C=O) groups excluding carboxylic acids is 1. The predicted molar refractivity (Wildman–Crippen MR) is 78.0 cm³/mol. The molecule has 0 fully saturated rings. The molecule has 1 aliphatic rings. The Bertz CT molecular complexity index is 750. The van der Waals surface area contributed by atoms with Crippen LogP contribution in [0.15, 0.2) is 12.1 Å². The van der Waals surface area contributed by atoms with Crippen molar-refractivity contribution in [3.63, 3.8) is 0 Å². The van der Waals surface area contributed by atoms with Crippen molar-refractivity contribution in [3.05, 3.63) is 34.0 Å².